The van der Waals surface area contributed by atoms with Crippen molar-refractivity contribution >= 4 is 5.91 Å². The van der Waals surface area contributed by atoms with Crippen LogP contribution in [0.4, 0.5) is 0 Å². The minimum Gasteiger partial charge on any atom is -0.388 e. The molecule has 82 valence electrons. The molecule has 3 atom stereocenters. The van der Waals surface area contributed by atoms with Crippen molar-refractivity contribution in [2.24, 2.45) is 0 Å². The first-order chi connectivity index (χ1) is 6.65. The standard InChI is InChI=1S/C10H19NO3/c1-3-14-9-6-4-5-8(10(9)13)11-7(2)12/h8-10,13H,3-6H2,1-2H3,(H,11,12). The highest BCUT2D eigenvalue weighted by molar-refractivity contribution is 5.73. The van der Waals surface area contributed by atoms with Crippen LogP contribution >= 0.6 is 0 Å². The minimum atomic E-state index is -0.562. The molecule has 4 nitrogen and oxygen atoms in total. The maximum atomic E-state index is 10.9. The lowest BCUT2D eigenvalue weighted by molar-refractivity contribution is -0.123. The highest BCUT2D eigenvalue weighted by Crippen LogP contribution is 2.21. The van der Waals surface area contributed by atoms with Crippen LogP contribution in [0.2, 0.25) is 0 Å². The molecule has 0 spiro atoms. The first-order valence-electron chi connectivity index (χ1n) is 5.22. The van der Waals surface area contributed by atoms with Gasteiger partial charge in [0.2, 0.25) is 5.91 Å². The Labute approximate surface area is 84.6 Å². The number of carbonyl (C=O) groups excluding carboxylic acids is 1. The van der Waals surface area contributed by atoms with Crippen molar-refractivity contribution in [1.29, 1.82) is 0 Å². The molecule has 1 aliphatic rings. The lowest BCUT2D eigenvalue weighted by Crippen LogP contribution is -2.51. The van der Waals surface area contributed by atoms with Crippen molar-refractivity contribution in [3.8, 4) is 0 Å². The zero-order valence-electron chi connectivity index (χ0n) is 8.82. The predicted octanol–water partition coefficient (Wildman–Crippen LogP) is 0.441. The SMILES string of the molecule is CCOC1CCCC(NC(C)=O)C1O. The fourth-order valence-electron chi connectivity index (χ4n) is 1.95. The highest BCUT2D eigenvalue weighted by atomic mass is 16.5. The third kappa shape index (κ3) is 2.96. The fraction of sp³-hybridized carbons (Fsp3) is 0.900. The zero-order chi connectivity index (χ0) is 10.6. The Balaban J connectivity index is 2.47. The van der Waals surface area contributed by atoms with E-state index >= 15 is 0 Å². The van der Waals surface area contributed by atoms with Gasteiger partial charge in [-0.25, -0.2) is 0 Å². The van der Waals surface area contributed by atoms with Gasteiger partial charge < -0.3 is 15.2 Å². The van der Waals surface area contributed by atoms with Gasteiger partial charge in [0.1, 0.15) is 6.10 Å². The van der Waals surface area contributed by atoms with Gasteiger partial charge in [-0.2, -0.15) is 0 Å². The van der Waals surface area contributed by atoms with E-state index in [4.69, 9.17) is 4.74 Å². The van der Waals surface area contributed by atoms with Crippen LogP contribution in [-0.2, 0) is 9.53 Å². The number of rotatable bonds is 3. The van der Waals surface area contributed by atoms with E-state index in [1.807, 2.05) is 6.92 Å². The second kappa shape index (κ2) is 5.32. The molecule has 4 heteroatoms. The summed E-state index contributed by atoms with van der Waals surface area (Å²) < 4.78 is 5.41. The number of hydrogen-bond acceptors (Lipinski definition) is 3. The van der Waals surface area contributed by atoms with Gasteiger partial charge in [0.15, 0.2) is 0 Å². The Morgan fingerprint density at radius 1 is 1.57 bits per heavy atom. The van der Waals surface area contributed by atoms with Gasteiger partial charge in [-0.05, 0) is 26.2 Å². The van der Waals surface area contributed by atoms with Crippen molar-refractivity contribution in [3.05, 3.63) is 0 Å². The molecule has 1 amide bonds. The summed E-state index contributed by atoms with van der Waals surface area (Å²) in [5.41, 5.74) is 0. The van der Waals surface area contributed by atoms with Gasteiger partial charge in [-0.1, -0.05) is 0 Å². The van der Waals surface area contributed by atoms with Gasteiger partial charge >= 0.3 is 0 Å². The molecule has 0 aliphatic heterocycles. The molecule has 1 aliphatic carbocycles. The predicted molar refractivity (Wildman–Crippen MR) is 52.9 cm³/mol. The maximum Gasteiger partial charge on any atom is 0.217 e. The van der Waals surface area contributed by atoms with E-state index in [1.165, 1.54) is 6.92 Å². The molecule has 1 fully saturated rings. The second-order valence-electron chi connectivity index (χ2n) is 3.72. The van der Waals surface area contributed by atoms with E-state index in [-0.39, 0.29) is 18.1 Å². The molecule has 14 heavy (non-hydrogen) atoms. The first-order valence-corrected chi connectivity index (χ1v) is 5.22. The quantitative estimate of drug-likeness (QED) is 0.696. The molecule has 0 saturated heterocycles. The number of hydrogen-bond donors (Lipinski definition) is 2. The molecular formula is C10H19NO3. The van der Waals surface area contributed by atoms with Gasteiger partial charge in [0.05, 0.1) is 12.1 Å². The molecule has 0 aromatic rings. The molecule has 1 saturated carbocycles. The number of carbonyl (C=O) groups is 1. The molecular weight excluding hydrogens is 182 g/mol. The molecule has 0 radical (unpaired) electrons. The van der Waals surface area contributed by atoms with Crippen LogP contribution in [0.25, 0.3) is 0 Å². The largest absolute Gasteiger partial charge is 0.388 e. The van der Waals surface area contributed by atoms with Crippen molar-refractivity contribution < 1.29 is 14.6 Å². The summed E-state index contributed by atoms with van der Waals surface area (Å²) >= 11 is 0. The average molecular weight is 201 g/mol. The van der Waals surface area contributed by atoms with Crippen LogP contribution in [0.1, 0.15) is 33.1 Å². The minimum absolute atomic E-state index is 0.0915. The van der Waals surface area contributed by atoms with Crippen molar-refractivity contribution in [2.45, 2.75) is 51.4 Å². The van der Waals surface area contributed by atoms with Gasteiger partial charge in [-0.3, -0.25) is 4.79 Å². The van der Waals surface area contributed by atoms with E-state index in [2.05, 4.69) is 5.32 Å². The lowest BCUT2D eigenvalue weighted by Gasteiger charge is -2.34. The van der Waals surface area contributed by atoms with Crippen LogP contribution in [0, 0.1) is 0 Å². The van der Waals surface area contributed by atoms with E-state index in [0.717, 1.165) is 19.3 Å². The molecule has 2 N–H and O–H groups in total. The van der Waals surface area contributed by atoms with E-state index < -0.39 is 6.10 Å². The molecule has 0 aromatic heterocycles. The van der Waals surface area contributed by atoms with Crippen molar-refractivity contribution in [1.82, 2.24) is 5.32 Å². The summed E-state index contributed by atoms with van der Waals surface area (Å²) in [6, 6.07) is -0.141. The molecule has 0 heterocycles. The number of nitrogens with one attached hydrogen (secondary N) is 1. The van der Waals surface area contributed by atoms with Gasteiger partial charge in [0, 0.05) is 13.5 Å². The fourth-order valence-corrected chi connectivity index (χ4v) is 1.95. The summed E-state index contributed by atoms with van der Waals surface area (Å²) in [7, 11) is 0. The third-order valence-electron chi connectivity index (χ3n) is 2.57. The molecule has 3 unspecified atom stereocenters. The van der Waals surface area contributed by atoms with Crippen LogP contribution in [-0.4, -0.2) is 35.9 Å². The van der Waals surface area contributed by atoms with Crippen molar-refractivity contribution in [3.63, 3.8) is 0 Å². The monoisotopic (exact) mass is 201 g/mol. The average Bonchev–Trinajstić information content (AvgIpc) is 2.11. The number of ether oxygens (including phenoxy) is 1. The highest BCUT2D eigenvalue weighted by Gasteiger charge is 2.32. The van der Waals surface area contributed by atoms with Crippen LogP contribution in [0.3, 0.4) is 0 Å². The lowest BCUT2D eigenvalue weighted by atomic mass is 9.90. The van der Waals surface area contributed by atoms with Gasteiger partial charge in [0.25, 0.3) is 0 Å². The van der Waals surface area contributed by atoms with Crippen LogP contribution in [0.15, 0.2) is 0 Å². The first kappa shape index (κ1) is 11.5. The Bertz CT molecular complexity index is 194. The van der Waals surface area contributed by atoms with Crippen molar-refractivity contribution in [2.75, 3.05) is 6.61 Å². The van der Waals surface area contributed by atoms with Crippen LogP contribution in [0.5, 0.6) is 0 Å². The van der Waals surface area contributed by atoms with E-state index in [9.17, 15) is 9.90 Å². The zero-order valence-corrected chi connectivity index (χ0v) is 8.82. The number of aliphatic hydroxyl groups is 1. The second-order valence-corrected chi connectivity index (χ2v) is 3.72. The van der Waals surface area contributed by atoms with Crippen LogP contribution < -0.4 is 5.32 Å². The molecule has 1 rings (SSSR count). The maximum absolute atomic E-state index is 10.9. The van der Waals surface area contributed by atoms with Gasteiger partial charge in [-0.15, -0.1) is 0 Å². The summed E-state index contributed by atoms with van der Waals surface area (Å²) in [5.74, 6) is -0.0915. The number of aliphatic hydroxyl groups excluding tert-OH is 1. The molecule has 0 bridgehead atoms. The Kier molecular flexibility index (Phi) is 4.35. The Morgan fingerprint density at radius 3 is 2.86 bits per heavy atom. The topological polar surface area (TPSA) is 58.6 Å². The summed E-state index contributed by atoms with van der Waals surface area (Å²) in [6.45, 7) is 3.99. The van der Waals surface area contributed by atoms with E-state index in [0.29, 0.717) is 6.61 Å². The van der Waals surface area contributed by atoms with E-state index in [1.54, 1.807) is 0 Å². The normalized spacial score (nSPS) is 32.6. The summed E-state index contributed by atoms with van der Waals surface area (Å²) in [6.07, 6.45) is 2.03. The third-order valence-corrected chi connectivity index (χ3v) is 2.57. The Hall–Kier alpha value is -0.610. The Morgan fingerprint density at radius 2 is 2.29 bits per heavy atom. The summed E-state index contributed by atoms with van der Waals surface area (Å²) in [4.78, 5) is 10.9. The smallest absolute Gasteiger partial charge is 0.217 e. The number of amides is 1. The summed E-state index contributed by atoms with van der Waals surface area (Å²) in [5, 5.41) is 12.6. The molecule has 0 aromatic carbocycles.